The van der Waals surface area contributed by atoms with Crippen LogP contribution in [0.3, 0.4) is 0 Å². The van der Waals surface area contributed by atoms with E-state index in [9.17, 15) is 0 Å². The highest BCUT2D eigenvalue weighted by Crippen LogP contribution is 2.17. The number of hydrogen-bond donors (Lipinski definition) is 1. The van der Waals surface area contributed by atoms with Gasteiger partial charge in [-0.15, -0.1) is 0 Å². The summed E-state index contributed by atoms with van der Waals surface area (Å²) < 4.78 is 10.8. The number of benzene rings is 1. The molecule has 0 fully saturated rings. The Balaban J connectivity index is 2.37. The molecule has 0 amide bonds. The molecule has 3 nitrogen and oxygen atoms in total. The minimum atomic E-state index is -0.0646. The molecule has 0 aliphatic rings. The van der Waals surface area contributed by atoms with E-state index in [2.05, 4.69) is 13.8 Å². The van der Waals surface area contributed by atoms with E-state index in [4.69, 9.17) is 15.2 Å². The summed E-state index contributed by atoms with van der Waals surface area (Å²) in [6, 6.07) is 7.77. The fraction of sp³-hybridized carbons (Fsp3) is 0.600. The van der Waals surface area contributed by atoms with Crippen LogP contribution in [0.4, 0.5) is 0 Å². The molecule has 1 unspecified atom stereocenters. The monoisotopic (exact) mass is 251 g/mol. The molecule has 102 valence electrons. The van der Waals surface area contributed by atoms with Crippen LogP contribution in [0.2, 0.25) is 0 Å². The van der Waals surface area contributed by atoms with E-state index >= 15 is 0 Å². The maximum atomic E-state index is 6.09. The zero-order chi connectivity index (χ0) is 13.4. The Hall–Kier alpha value is -1.06. The van der Waals surface area contributed by atoms with Crippen LogP contribution < -0.4 is 10.5 Å². The molecule has 1 aromatic rings. The Bertz CT molecular complexity index is 320. The lowest BCUT2D eigenvalue weighted by molar-refractivity contribution is 0.0860. The molecular formula is C15H25NO2. The van der Waals surface area contributed by atoms with Crippen LogP contribution in [0.5, 0.6) is 5.75 Å². The van der Waals surface area contributed by atoms with Crippen molar-refractivity contribution >= 4 is 0 Å². The molecule has 0 radical (unpaired) electrons. The summed E-state index contributed by atoms with van der Waals surface area (Å²) in [5.74, 6) is 1.50. The molecule has 0 spiro atoms. The summed E-state index contributed by atoms with van der Waals surface area (Å²) in [6.45, 7) is 5.77. The Kier molecular flexibility index (Phi) is 6.76. The van der Waals surface area contributed by atoms with E-state index in [0.29, 0.717) is 12.5 Å². The molecule has 1 rings (SSSR count). The van der Waals surface area contributed by atoms with Gasteiger partial charge in [-0.2, -0.15) is 0 Å². The van der Waals surface area contributed by atoms with Gasteiger partial charge in [0.1, 0.15) is 5.75 Å². The molecule has 0 aliphatic heterocycles. The molecule has 1 atom stereocenters. The third-order valence-corrected chi connectivity index (χ3v) is 3.35. The predicted octanol–water partition coefficient (Wildman–Crippen LogP) is 3.15. The molecule has 2 N–H and O–H groups in total. The average Bonchev–Trinajstić information content (AvgIpc) is 2.43. The SMILES string of the molecule is CCC(CC)COCC(N)c1ccc(OC)cc1. The molecule has 0 bridgehead atoms. The van der Waals surface area contributed by atoms with Crippen LogP contribution in [0.15, 0.2) is 24.3 Å². The molecule has 18 heavy (non-hydrogen) atoms. The van der Waals surface area contributed by atoms with Gasteiger partial charge in [-0.3, -0.25) is 0 Å². The minimum absolute atomic E-state index is 0.0646. The molecular weight excluding hydrogens is 226 g/mol. The predicted molar refractivity (Wildman–Crippen MR) is 74.8 cm³/mol. The highest BCUT2D eigenvalue weighted by molar-refractivity contribution is 5.28. The second-order valence-electron chi connectivity index (χ2n) is 4.60. The highest BCUT2D eigenvalue weighted by atomic mass is 16.5. The van der Waals surface area contributed by atoms with Gasteiger partial charge in [-0.05, 0) is 23.6 Å². The first-order valence-corrected chi connectivity index (χ1v) is 6.68. The van der Waals surface area contributed by atoms with Crippen LogP contribution in [-0.2, 0) is 4.74 Å². The minimum Gasteiger partial charge on any atom is -0.497 e. The van der Waals surface area contributed by atoms with Gasteiger partial charge in [0, 0.05) is 6.61 Å². The van der Waals surface area contributed by atoms with Gasteiger partial charge in [0.2, 0.25) is 0 Å². The van der Waals surface area contributed by atoms with Gasteiger partial charge in [0.05, 0.1) is 19.8 Å². The van der Waals surface area contributed by atoms with E-state index in [1.54, 1.807) is 7.11 Å². The van der Waals surface area contributed by atoms with Gasteiger partial charge >= 0.3 is 0 Å². The third kappa shape index (κ3) is 4.67. The standard InChI is InChI=1S/C15H25NO2/c1-4-12(5-2)10-18-11-15(16)13-6-8-14(17-3)9-7-13/h6-9,12,15H,4-5,10-11,16H2,1-3H3. The smallest absolute Gasteiger partial charge is 0.118 e. The van der Waals surface area contributed by atoms with Crippen molar-refractivity contribution in [3.05, 3.63) is 29.8 Å². The van der Waals surface area contributed by atoms with Crippen molar-refractivity contribution in [1.29, 1.82) is 0 Å². The second kappa shape index (κ2) is 8.11. The second-order valence-corrected chi connectivity index (χ2v) is 4.60. The van der Waals surface area contributed by atoms with Crippen molar-refractivity contribution < 1.29 is 9.47 Å². The summed E-state index contributed by atoms with van der Waals surface area (Å²) in [4.78, 5) is 0. The molecule has 0 aromatic heterocycles. The summed E-state index contributed by atoms with van der Waals surface area (Å²) in [7, 11) is 1.66. The zero-order valence-corrected chi connectivity index (χ0v) is 11.7. The van der Waals surface area contributed by atoms with Crippen molar-refractivity contribution in [2.75, 3.05) is 20.3 Å². The highest BCUT2D eigenvalue weighted by Gasteiger charge is 2.08. The lowest BCUT2D eigenvalue weighted by Gasteiger charge is -2.16. The Morgan fingerprint density at radius 1 is 1.06 bits per heavy atom. The first-order valence-electron chi connectivity index (χ1n) is 6.68. The van der Waals surface area contributed by atoms with Crippen molar-refractivity contribution in [2.45, 2.75) is 32.7 Å². The fourth-order valence-electron chi connectivity index (χ4n) is 1.83. The van der Waals surface area contributed by atoms with Gasteiger partial charge in [0.15, 0.2) is 0 Å². The normalized spacial score (nSPS) is 12.7. The maximum absolute atomic E-state index is 6.09. The summed E-state index contributed by atoms with van der Waals surface area (Å²) in [5, 5.41) is 0. The van der Waals surface area contributed by atoms with Gasteiger partial charge in [-0.1, -0.05) is 38.8 Å². The lowest BCUT2D eigenvalue weighted by Crippen LogP contribution is -2.19. The fourth-order valence-corrected chi connectivity index (χ4v) is 1.83. The molecule has 0 saturated carbocycles. The van der Waals surface area contributed by atoms with Crippen LogP contribution in [0.1, 0.15) is 38.3 Å². The number of hydrogen-bond acceptors (Lipinski definition) is 3. The number of ether oxygens (including phenoxy) is 2. The Labute approximate surface area is 110 Å². The lowest BCUT2D eigenvalue weighted by atomic mass is 10.1. The van der Waals surface area contributed by atoms with E-state index in [1.165, 1.54) is 0 Å². The quantitative estimate of drug-likeness (QED) is 0.772. The van der Waals surface area contributed by atoms with Crippen LogP contribution in [-0.4, -0.2) is 20.3 Å². The Morgan fingerprint density at radius 2 is 1.67 bits per heavy atom. The maximum Gasteiger partial charge on any atom is 0.118 e. The van der Waals surface area contributed by atoms with Crippen LogP contribution in [0.25, 0.3) is 0 Å². The van der Waals surface area contributed by atoms with E-state index in [1.807, 2.05) is 24.3 Å². The van der Waals surface area contributed by atoms with E-state index < -0.39 is 0 Å². The van der Waals surface area contributed by atoms with E-state index in [-0.39, 0.29) is 6.04 Å². The summed E-state index contributed by atoms with van der Waals surface area (Å²) in [6.07, 6.45) is 2.32. The molecule has 0 saturated heterocycles. The van der Waals surface area contributed by atoms with Crippen LogP contribution >= 0.6 is 0 Å². The summed E-state index contributed by atoms with van der Waals surface area (Å²) >= 11 is 0. The summed E-state index contributed by atoms with van der Waals surface area (Å²) in [5.41, 5.74) is 7.17. The van der Waals surface area contributed by atoms with Crippen molar-refractivity contribution in [3.8, 4) is 5.75 Å². The van der Waals surface area contributed by atoms with E-state index in [0.717, 1.165) is 30.8 Å². The van der Waals surface area contributed by atoms with Crippen molar-refractivity contribution in [1.82, 2.24) is 0 Å². The molecule has 3 heteroatoms. The van der Waals surface area contributed by atoms with Crippen LogP contribution in [0, 0.1) is 5.92 Å². The average molecular weight is 251 g/mol. The molecule has 0 aliphatic carbocycles. The number of rotatable bonds is 8. The molecule has 0 heterocycles. The van der Waals surface area contributed by atoms with Gasteiger partial charge in [0.25, 0.3) is 0 Å². The van der Waals surface area contributed by atoms with Crippen molar-refractivity contribution in [2.24, 2.45) is 11.7 Å². The largest absolute Gasteiger partial charge is 0.497 e. The first kappa shape index (κ1) is 15.0. The zero-order valence-electron chi connectivity index (χ0n) is 11.7. The number of nitrogens with two attached hydrogens (primary N) is 1. The first-order chi connectivity index (χ1) is 8.71. The van der Waals surface area contributed by atoms with Gasteiger partial charge < -0.3 is 15.2 Å². The topological polar surface area (TPSA) is 44.5 Å². The third-order valence-electron chi connectivity index (χ3n) is 3.35. The van der Waals surface area contributed by atoms with Gasteiger partial charge in [-0.25, -0.2) is 0 Å². The molecule has 1 aromatic carbocycles. The number of methoxy groups -OCH3 is 1. The van der Waals surface area contributed by atoms with Crippen molar-refractivity contribution in [3.63, 3.8) is 0 Å². The Morgan fingerprint density at radius 3 is 2.17 bits per heavy atom.